The molecule has 2 aromatic carbocycles. The molecule has 0 saturated carbocycles. The zero-order valence-electron chi connectivity index (χ0n) is 14.0. The van der Waals surface area contributed by atoms with Crippen molar-refractivity contribution >= 4 is 27.9 Å². The predicted octanol–water partition coefficient (Wildman–Crippen LogP) is 2.85. The maximum absolute atomic E-state index is 14.5. The van der Waals surface area contributed by atoms with Gasteiger partial charge >= 0.3 is 11.9 Å². The zero-order chi connectivity index (χ0) is 19.4. The van der Waals surface area contributed by atoms with E-state index >= 15 is 0 Å². The Balaban J connectivity index is 1.68. The number of benzene rings is 2. The average molecular weight is 439 g/mol. The molecule has 0 unspecified atom stereocenters. The molecule has 6 nitrogen and oxygen atoms in total. The molecule has 1 N–H and O–H groups in total. The fourth-order valence-corrected chi connectivity index (χ4v) is 3.08. The quantitative estimate of drug-likeness (QED) is 0.570. The molecular weight excluding hydrogens is 423 g/mol. The third kappa shape index (κ3) is 4.52. The van der Waals surface area contributed by atoms with E-state index in [4.69, 9.17) is 14.2 Å². The van der Waals surface area contributed by atoms with Crippen LogP contribution >= 0.6 is 15.9 Å². The van der Waals surface area contributed by atoms with Crippen LogP contribution in [0.3, 0.4) is 0 Å². The van der Waals surface area contributed by atoms with Crippen LogP contribution < -0.4 is 0 Å². The molecule has 1 saturated heterocycles. The van der Waals surface area contributed by atoms with Gasteiger partial charge in [0.1, 0.15) is 12.7 Å². The summed E-state index contributed by atoms with van der Waals surface area (Å²) in [5, 5.41) is 9.96. The van der Waals surface area contributed by atoms with Gasteiger partial charge in [-0.05, 0) is 40.2 Å². The van der Waals surface area contributed by atoms with Gasteiger partial charge in [-0.25, -0.2) is 14.0 Å². The summed E-state index contributed by atoms with van der Waals surface area (Å²) < 4.78 is 27.6. The van der Waals surface area contributed by atoms with Crippen LogP contribution in [0.25, 0.3) is 0 Å². The normalized spacial score (nSPS) is 27.1. The second-order valence-corrected chi connectivity index (χ2v) is 7.00. The second-order valence-electron chi connectivity index (χ2n) is 5.87. The van der Waals surface area contributed by atoms with Crippen molar-refractivity contribution in [2.45, 2.75) is 23.1 Å². The Labute approximate surface area is 163 Å². The van der Waals surface area contributed by atoms with Crippen LogP contribution in [0.15, 0.2) is 60.7 Å². The Morgan fingerprint density at radius 1 is 1.04 bits per heavy atom. The molecule has 1 heterocycles. The standard InChI is InChI=1S/C19H16BrFO6/c20-19(24)16(21)15(26-18(23)13-9-5-2-6-10-13)14(27-19)11-25-17(22)12-7-3-1-4-8-12/h1-10,14-16,24H,11H2/t14-,15-,16+,19+/m1/s1. The molecule has 1 aliphatic rings. The zero-order valence-corrected chi connectivity index (χ0v) is 15.5. The molecule has 3 rings (SSSR count). The molecule has 0 bridgehead atoms. The van der Waals surface area contributed by atoms with E-state index in [1.165, 1.54) is 12.1 Å². The first-order valence-electron chi connectivity index (χ1n) is 8.10. The summed E-state index contributed by atoms with van der Waals surface area (Å²) in [6, 6.07) is 16.2. The highest BCUT2D eigenvalue weighted by Crippen LogP contribution is 2.38. The Kier molecular flexibility index (Phi) is 5.88. The third-order valence-electron chi connectivity index (χ3n) is 3.95. The van der Waals surface area contributed by atoms with Gasteiger partial charge in [0, 0.05) is 0 Å². The van der Waals surface area contributed by atoms with Gasteiger partial charge in [-0.2, -0.15) is 0 Å². The number of halogens is 2. The molecule has 1 aliphatic heterocycles. The van der Waals surface area contributed by atoms with E-state index in [9.17, 15) is 19.1 Å². The fourth-order valence-electron chi connectivity index (χ4n) is 2.58. The summed E-state index contributed by atoms with van der Waals surface area (Å²) in [4.78, 5) is 24.3. The molecule has 142 valence electrons. The molecule has 2 aromatic rings. The van der Waals surface area contributed by atoms with Crippen molar-refractivity contribution in [2.75, 3.05) is 6.61 Å². The highest BCUT2D eigenvalue weighted by atomic mass is 79.9. The maximum Gasteiger partial charge on any atom is 0.338 e. The van der Waals surface area contributed by atoms with Crippen LogP contribution in [0.4, 0.5) is 4.39 Å². The first-order chi connectivity index (χ1) is 12.9. The van der Waals surface area contributed by atoms with Crippen LogP contribution in [0.5, 0.6) is 0 Å². The molecule has 8 heteroatoms. The summed E-state index contributed by atoms with van der Waals surface area (Å²) >= 11 is 2.71. The minimum absolute atomic E-state index is 0.217. The number of ether oxygens (including phenoxy) is 3. The first-order valence-corrected chi connectivity index (χ1v) is 8.89. The number of rotatable bonds is 5. The van der Waals surface area contributed by atoms with Crippen LogP contribution in [0.1, 0.15) is 20.7 Å². The van der Waals surface area contributed by atoms with E-state index in [-0.39, 0.29) is 5.56 Å². The van der Waals surface area contributed by atoms with Gasteiger partial charge < -0.3 is 19.3 Å². The lowest BCUT2D eigenvalue weighted by Crippen LogP contribution is -2.38. The van der Waals surface area contributed by atoms with E-state index in [0.717, 1.165) is 0 Å². The monoisotopic (exact) mass is 438 g/mol. The minimum Gasteiger partial charge on any atom is -0.459 e. The van der Waals surface area contributed by atoms with Gasteiger partial charge in [-0.3, -0.25) is 0 Å². The fraction of sp³-hybridized carbons (Fsp3) is 0.263. The molecule has 0 radical (unpaired) electrons. The SMILES string of the molecule is O=C(OC[C@H]1O[C@](O)(Br)[C@@H](F)[C@@H]1OC(=O)c1ccccc1)c1ccccc1. The lowest BCUT2D eigenvalue weighted by atomic mass is 10.1. The van der Waals surface area contributed by atoms with E-state index in [1.807, 2.05) is 0 Å². The van der Waals surface area contributed by atoms with Crippen molar-refractivity contribution in [1.29, 1.82) is 0 Å². The van der Waals surface area contributed by atoms with Gasteiger partial charge in [0.2, 0.25) is 6.17 Å². The van der Waals surface area contributed by atoms with Crippen LogP contribution in [0.2, 0.25) is 0 Å². The molecule has 4 atom stereocenters. The molecule has 1 fully saturated rings. The Hall–Kier alpha value is -2.29. The number of esters is 2. The van der Waals surface area contributed by atoms with E-state index in [0.29, 0.717) is 5.56 Å². The van der Waals surface area contributed by atoms with Gasteiger partial charge in [-0.15, -0.1) is 0 Å². The molecule has 0 aliphatic carbocycles. The number of alkyl halides is 2. The summed E-state index contributed by atoms with van der Waals surface area (Å²) in [6.07, 6.45) is -4.74. The Morgan fingerprint density at radius 3 is 2.11 bits per heavy atom. The molecule has 0 amide bonds. The van der Waals surface area contributed by atoms with Crippen LogP contribution in [0, 0.1) is 0 Å². The topological polar surface area (TPSA) is 82.1 Å². The van der Waals surface area contributed by atoms with E-state index < -0.39 is 41.6 Å². The number of aliphatic hydroxyl groups is 1. The third-order valence-corrected chi connectivity index (χ3v) is 4.58. The van der Waals surface area contributed by atoms with E-state index in [1.54, 1.807) is 48.5 Å². The minimum atomic E-state index is -2.35. The molecule has 0 spiro atoms. The Bertz CT molecular complexity index is 798. The average Bonchev–Trinajstić information content (AvgIpc) is 2.90. The Morgan fingerprint density at radius 2 is 1.56 bits per heavy atom. The predicted molar refractivity (Wildman–Crippen MR) is 96.0 cm³/mol. The number of carbonyl (C=O) groups is 2. The van der Waals surface area contributed by atoms with Gasteiger partial charge in [0.15, 0.2) is 6.10 Å². The molecule has 27 heavy (non-hydrogen) atoms. The van der Waals surface area contributed by atoms with Crippen molar-refractivity contribution in [2.24, 2.45) is 0 Å². The van der Waals surface area contributed by atoms with Gasteiger partial charge in [-0.1, -0.05) is 36.4 Å². The number of hydrogen-bond acceptors (Lipinski definition) is 6. The van der Waals surface area contributed by atoms with Crippen molar-refractivity contribution < 1.29 is 33.3 Å². The second kappa shape index (κ2) is 8.16. The summed E-state index contributed by atoms with van der Waals surface area (Å²) in [7, 11) is 0. The number of carbonyl (C=O) groups excluding carboxylic acids is 2. The van der Waals surface area contributed by atoms with Crippen molar-refractivity contribution in [1.82, 2.24) is 0 Å². The molecule has 0 aromatic heterocycles. The van der Waals surface area contributed by atoms with E-state index in [2.05, 4.69) is 15.9 Å². The molecular formula is C19H16BrFO6. The van der Waals surface area contributed by atoms with Gasteiger partial charge in [0.25, 0.3) is 4.70 Å². The smallest absolute Gasteiger partial charge is 0.338 e. The lowest BCUT2D eigenvalue weighted by molar-refractivity contribution is -0.144. The van der Waals surface area contributed by atoms with Crippen molar-refractivity contribution in [3.05, 3.63) is 71.8 Å². The summed E-state index contributed by atoms with van der Waals surface area (Å²) in [5.41, 5.74) is 0.522. The summed E-state index contributed by atoms with van der Waals surface area (Å²) in [6.45, 7) is -0.408. The van der Waals surface area contributed by atoms with Crippen molar-refractivity contribution in [3.63, 3.8) is 0 Å². The summed E-state index contributed by atoms with van der Waals surface area (Å²) in [5.74, 6) is -1.43. The lowest BCUT2D eigenvalue weighted by Gasteiger charge is -2.19. The highest BCUT2D eigenvalue weighted by molar-refractivity contribution is 9.10. The van der Waals surface area contributed by atoms with Gasteiger partial charge in [0.05, 0.1) is 11.1 Å². The van der Waals surface area contributed by atoms with Crippen LogP contribution in [-0.2, 0) is 14.2 Å². The van der Waals surface area contributed by atoms with Crippen molar-refractivity contribution in [3.8, 4) is 0 Å². The number of hydrogen-bond donors (Lipinski definition) is 1. The first kappa shape index (κ1) is 19.5. The highest BCUT2D eigenvalue weighted by Gasteiger charge is 2.56. The van der Waals surface area contributed by atoms with Crippen LogP contribution in [-0.4, -0.2) is 46.7 Å². The maximum atomic E-state index is 14.5. The largest absolute Gasteiger partial charge is 0.459 e.